The number of ether oxygens (including phenoxy) is 1. The summed E-state index contributed by atoms with van der Waals surface area (Å²) in [5.74, 6) is 1.56. The minimum atomic E-state index is 0.240. The van der Waals surface area contributed by atoms with Gasteiger partial charge in [0.2, 0.25) is 5.91 Å². The molecular weight excluding hydrogens is 468 g/mol. The van der Waals surface area contributed by atoms with E-state index in [1.807, 2.05) is 40.9 Å². The molecular formula is C29H36N4O2S. The average Bonchev–Trinajstić information content (AvgIpc) is 3.43. The molecule has 1 atom stereocenters. The molecule has 36 heavy (non-hydrogen) atoms. The highest BCUT2D eigenvalue weighted by molar-refractivity contribution is 7.10. The van der Waals surface area contributed by atoms with E-state index in [0.717, 1.165) is 75.8 Å². The molecule has 0 saturated carbocycles. The van der Waals surface area contributed by atoms with Gasteiger partial charge in [-0.05, 0) is 53.6 Å². The molecule has 0 unspecified atom stereocenters. The third-order valence-electron chi connectivity index (χ3n) is 7.19. The topological polar surface area (TPSA) is 48.9 Å². The summed E-state index contributed by atoms with van der Waals surface area (Å²) in [7, 11) is 0. The van der Waals surface area contributed by atoms with Crippen LogP contribution in [0.15, 0.2) is 66.3 Å². The van der Waals surface area contributed by atoms with Crippen LogP contribution in [0.4, 0.5) is 0 Å². The van der Waals surface area contributed by atoms with Crippen molar-refractivity contribution < 1.29 is 9.53 Å². The molecule has 6 nitrogen and oxygen atoms in total. The lowest BCUT2D eigenvalue weighted by molar-refractivity contribution is -0.132. The fourth-order valence-electron chi connectivity index (χ4n) is 5.12. The number of pyridine rings is 1. The van der Waals surface area contributed by atoms with Gasteiger partial charge in [-0.1, -0.05) is 24.3 Å². The predicted molar refractivity (Wildman–Crippen MR) is 144 cm³/mol. The van der Waals surface area contributed by atoms with Gasteiger partial charge in [-0.15, -0.1) is 11.3 Å². The molecule has 5 rings (SSSR count). The highest BCUT2D eigenvalue weighted by Crippen LogP contribution is 2.21. The first kappa shape index (κ1) is 24.9. The molecule has 0 N–H and O–H groups in total. The number of piperazine rings is 1. The van der Waals surface area contributed by atoms with E-state index in [9.17, 15) is 4.79 Å². The molecule has 2 saturated heterocycles. The third-order valence-corrected chi connectivity index (χ3v) is 8.06. The number of carbonyl (C=O) groups is 1. The van der Waals surface area contributed by atoms with E-state index < -0.39 is 0 Å². The lowest BCUT2D eigenvalue weighted by Crippen LogP contribution is -2.45. The second-order valence-electron chi connectivity index (χ2n) is 9.97. The molecule has 0 aliphatic carbocycles. The molecule has 190 valence electrons. The zero-order valence-electron chi connectivity index (χ0n) is 20.9. The summed E-state index contributed by atoms with van der Waals surface area (Å²) in [5, 5.41) is 2.03. The fraction of sp³-hybridized carbons (Fsp3) is 0.448. The maximum atomic E-state index is 12.7. The molecule has 2 aromatic heterocycles. The third kappa shape index (κ3) is 7.15. The van der Waals surface area contributed by atoms with Crippen molar-refractivity contribution in [3.63, 3.8) is 0 Å². The number of rotatable bonds is 9. The monoisotopic (exact) mass is 504 g/mol. The lowest BCUT2D eigenvalue weighted by Gasteiger charge is -2.34. The molecule has 4 heterocycles. The van der Waals surface area contributed by atoms with Crippen LogP contribution in [-0.4, -0.2) is 71.5 Å². The number of thiophene rings is 1. The summed E-state index contributed by atoms with van der Waals surface area (Å²) in [6.45, 7) is 8.64. The van der Waals surface area contributed by atoms with Gasteiger partial charge in [-0.2, -0.15) is 0 Å². The molecule has 2 aliphatic rings. The normalized spacial score (nSPS) is 19.3. The highest BCUT2D eigenvalue weighted by Gasteiger charge is 2.24. The van der Waals surface area contributed by atoms with Crippen LogP contribution in [0.1, 0.15) is 28.8 Å². The van der Waals surface area contributed by atoms with Gasteiger partial charge >= 0.3 is 0 Å². The minimum absolute atomic E-state index is 0.240. The summed E-state index contributed by atoms with van der Waals surface area (Å²) in [6, 6.07) is 16.8. The van der Waals surface area contributed by atoms with Crippen LogP contribution in [0.5, 0.6) is 5.75 Å². The maximum absolute atomic E-state index is 12.7. The smallest absolute Gasteiger partial charge is 0.227 e. The Morgan fingerprint density at radius 3 is 2.42 bits per heavy atom. The average molecular weight is 505 g/mol. The number of hydrogen-bond donors (Lipinski definition) is 0. The number of piperidine rings is 1. The first-order chi connectivity index (χ1) is 17.7. The summed E-state index contributed by atoms with van der Waals surface area (Å²) in [4.78, 5) is 25.1. The molecule has 0 radical (unpaired) electrons. The van der Waals surface area contributed by atoms with Crippen LogP contribution in [0.25, 0.3) is 0 Å². The Labute approximate surface area is 218 Å². The number of likely N-dealkylation sites (tertiary alicyclic amines) is 1. The van der Waals surface area contributed by atoms with Crippen LogP contribution in [0, 0.1) is 5.92 Å². The van der Waals surface area contributed by atoms with Crippen molar-refractivity contribution in [3.05, 3.63) is 82.3 Å². The summed E-state index contributed by atoms with van der Waals surface area (Å²) >= 11 is 1.66. The number of hydrogen-bond acceptors (Lipinski definition) is 6. The number of aromatic nitrogens is 1. The van der Waals surface area contributed by atoms with Crippen molar-refractivity contribution in [2.45, 2.75) is 32.4 Å². The van der Waals surface area contributed by atoms with Crippen molar-refractivity contribution >= 4 is 17.2 Å². The SMILES string of the molecule is O=C(Cc1cccs1)N1CCC[C@@H](COc2ccc(CN3CCN(Cc4cccnc4)CC3)cc2)C1. The number of amides is 1. The van der Waals surface area contributed by atoms with Gasteiger partial charge < -0.3 is 9.64 Å². The molecule has 3 aromatic rings. The van der Waals surface area contributed by atoms with E-state index in [1.165, 1.54) is 11.1 Å². The quantitative estimate of drug-likeness (QED) is 0.434. The van der Waals surface area contributed by atoms with E-state index in [4.69, 9.17) is 4.74 Å². The van der Waals surface area contributed by atoms with Crippen LogP contribution in [-0.2, 0) is 24.3 Å². The Morgan fingerprint density at radius 1 is 0.944 bits per heavy atom. The van der Waals surface area contributed by atoms with E-state index in [-0.39, 0.29) is 5.91 Å². The molecule has 0 bridgehead atoms. The van der Waals surface area contributed by atoms with E-state index in [2.05, 4.69) is 45.1 Å². The first-order valence-corrected chi connectivity index (χ1v) is 13.9. The molecule has 7 heteroatoms. The molecule has 0 spiro atoms. The van der Waals surface area contributed by atoms with Gasteiger partial charge in [0.25, 0.3) is 0 Å². The van der Waals surface area contributed by atoms with Gasteiger partial charge in [-0.3, -0.25) is 19.6 Å². The van der Waals surface area contributed by atoms with Crippen molar-refractivity contribution in [2.75, 3.05) is 45.9 Å². The van der Waals surface area contributed by atoms with Crippen LogP contribution < -0.4 is 4.74 Å². The summed E-state index contributed by atoms with van der Waals surface area (Å²) in [5.41, 5.74) is 2.61. The number of carbonyl (C=O) groups excluding carboxylic acids is 1. The van der Waals surface area contributed by atoms with E-state index >= 15 is 0 Å². The van der Waals surface area contributed by atoms with E-state index in [0.29, 0.717) is 18.9 Å². The second kappa shape index (κ2) is 12.5. The van der Waals surface area contributed by atoms with Gasteiger partial charge in [0.15, 0.2) is 0 Å². The van der Waals surface area contributed by atoms with Crippen LogP contribution in [0.3, 0.4) is 0 Å². The molecule has 1 amide bonds. The van der Waals surface area contributed by atoms with Gasteiger partial charge in [0.1, 0.15) is 5.75 Å². The fourth-order valence-corrected chi connectivity index (χ4v) is 5.82. The van der Waals surface area contributed by atoms with Crippen LogP contribution >= 0.6 is 11.3 Å². The summed E-state index contributed by atoms with van der Waals surface area (Å²) < 4.78 is 6.13. The van der Waals surface area contributed by atoms with Crippen LogP contribution in [0.2, 0.25) is 0 Å². The van der Waals surface area contributed by atoms with Gasteiger partial charge in [-0.25, -0.2) is 0 Å². The van der Waals surface area contributed by atoms with E-state index in [1.54, 1.807) is 11.3 Å². The predicted octanol–water partition coefficient (Wildman–Crippen LogP) is 4.32. The highest BCUT2D eigenvalue weighted by atomic mass is 32.1. The molecule has 2 fully saturated rings. The number of benzene rings is 1. The standard InChI is InChI=1S/C29H36N4O2S/c34-29(18-28-6-3-17-36-28)33-12-2-5-26(22-33)23-35-27-9-7-24(8-10-27)20-31-13-15-32(16-14-31)21-25-4-1-11-30-19-25/h1,3-4,6-11,17,19,26H,2,5,12-16,18,20-23H2/t26-/m1/s1. The Hall–Kier alpha value is -2.74. The molecule has 2 aliphatic heterocycles. The zero-order valence-corrected chi connectivity index (χ0v) is 21.7. The van der Waals surface area contributed by atoms with Crippen molar-refractivity contribution in [1.82, 2.24) is 19.7 Å². The van der Waals surface area contributed by atoms with Gasteiger partial charge in [0, 0.05) is 75.5 Å². The number of nitrogens with zero attached hydrogens (tertiary/aromatic N) is 4. The maximum Gasteiger partial charge on any atom is 0.227 e. The largest absolute Gasteiger partial charge is 0.493 e. The Morgan fingerprint density at radius 2 is 1.72 bits per heavy atom. The Kier molecular flexibility index (Phi) is 8.64. The summed E-state index contributed by atoms with van der Waals surface area (Å²) in [6.07, 6.45) is 6.49. The van der Waals surface area contributed by atoms with Crippen molar-refractivity contribution in [2.24, 2.45) is 5.92 Å². The zero-order chi connectivity index (χ0) is 24.6. The second-order valence-corrected chi connectivity index (χ2v) is 11.0. The lowest BCUT2D eigenvalue weighted by atomic mass is 9.98. The minimum Gasteiger partial charge on any atom is -0.493 e. The Balaban J connectivity index is 1.02. The van der Waals surface area contributed by atoms with Crippen molar-refractivity contribution in [3.8, 4) is 5.75 Å². The first-order valence-electron chi connectivity index (χ1n) is 13.1. The molecule has 1 aromatic carbocycles. The van der Waals surface area contributed by atoms with Gasteiger partial charge in [0.05, 0.1) is 13.0 Å². The Bertz CT molecular complexity index is 1070. The van der Waals surface area contributed by atoms with Crippen molar-refractivity contribution in [1.29, 1.82) is 0 Å².